The number of aliphatic hydroxyl groups excluding tert-OH is 3. The van der Waals surface area contributed by atoms with Crippen molar-refractivity contribution in [3.05, 3.63) is 24.3 Å². The molecule has 0 radical (unpaired) electrons. The van der Waals surface area contributed by atoms with Crippen LogP contribution in [0.1, 0.15) is 194 Å². The van der Waals surface area contributed by atoms with E-state index in [2.05, 4.69) is 47.2 Å². The molecular formula is C45H88NO19P3. The zero-order valence-corrected chi connectivity index (χ0v) is 43.4. The van der Waals surface area contributed by atoms with Gasteiger partial charge in [-0.25, -0.2) is 13.7 Å². The van der Waals surface area contributed by atoms with E-state index in [0.29, 0.717) is 12.8 Å². The van der Waals surface area contributed by atoms with E-state index >= 15 is 0 Å². The van der Waals surface area contributed by atoms with Crippen LogP contribution < -0.4 is 6.15 Å². The molecule has 0 bridgehead atoms. The second-order valence-electron chi connectivity index (χ2n) is 17.4. The Labute approximate surface area is 405 Å². The van der Waals surface area contributed by atoms with Crippen molar-refractivity contribution in [1.29, 1.82) is 0 Å². The first kappa shape index (κ1) is 66.6. The maximum absolute atomic E-state index is 13.1. The minimum atomic E-state index is -5.55. The van der Waals surface area contributed by atoms with Crippen LogP contribution in [0.2, 0.25) is 0 Å². The van der Waals surface area contributed by atoms with Crippen molar-refractivity contribution < 1.29 is 90.6 Å². The smallest absolute Gasteiger partial charge is 0.462 e. The molecule has 68 heavy (non-hydrogen) atoms. The lowest BCUT2D eigenvalue weighted by Gasteiger charge is -2.44. The van der Waals surface area contributed by atoms with Gasteiger partial charge in [-0.15, -0.1) is 0 Å². The number of ether oxygens (including phenoxy) is 2. The predicted octanol–water partition coefficient (Wildman–Crippen LogP) is 9.23. The molecule has 11 N–H and O–H groups in total. The number of unbranched alkanes of at least 4 members (excludes halogenated alkanes) is 22. The van der Waals surface area contributed by atoms with E-state index in [-0.39, 0.29) is 19.0 Å². The molecule has 0 aliphatic heterocycles. The van der Waals surface area contributed by atoms with Gasteiger partial charge in [-0.3, -0.25) is 27.7 Å². The van der Waals surface area contributed by atoms with Crippen LogP contribution in [0.4, 0.5) is 0 Å². The summed E-state index contributed by atoms with van der Waals surface area (Å²) in [4.78, 5) is 73.3. The molecule has 1 aliphatic carbocycles. The topological polar surface area (TPSA) is 338 Å². The zero-order chi connectivity index (χ0) is 50.0. The minimum absolute atomic E-state index is 0. The SMILES string of the molecule is CCCCCCCC/C=C\CCCCCCCC(=O)OC[C@H](COP(=O)(O)OC1[C@H](O)[C@H](OP(=O)(O)O)C(O)[C@H](OP(=O)(O)O)[C@H]1O)OC(=O)CCCCCCC/C=C\CCCCCCCC.N. The van der Waals surface area contributed by atoms with Crippen LogP contribution in [0, 0.1) is 0 Å². The second-order valence-corrected chi connectivity index (χ2v) is 21.2. The highest BCUT2D eigenvalue weighted by atomic mass is 31.2. The van der Waals surface area contributed by atoms with E-state index in [0.717, 1.165) is 77.0 Å². The summed E-state index contributed by atoms with van der Waals surface area (Å²) < 4.78 is 65.6. The standard InChI is InChI=1S/C45H85O19P3.H3N/c1-3-5-7-9-11-13-15-17-19-21-23-25-27-29-31-33-38(46)59-35-37(61-39(47)34-32-30-28-26-24-22-20-18-16-14-12-10-8-6-4-2)36-60-67(57,58)64-45-41(49)43(62-65(51,52)53)40(48)44(42(45)50)63-66(54,55)56;/h17-20,37,40-45,48-50H,3-16,21-36H2,1-2H3,(H,57,58)(H2,51,52,53)(H2,54,55,56);1H3/b19-17-,20-18-;/t37-,40?,41-,42-,43-,44+,45?;/m1./s1. The van der Waals surface area contributed by atoms with Crippen LogP contribution in [0.5, 0.6) is 0 Å². The fourth-order valence-corrected chi connectivity index (χ4v) is 9.62. The first-order valence-electron chi connectivity index (χ1n) is 24.6. The first-order chi connectivity index (χ1) is 31.8. The monoisotopic (exact) mass is 1040 g/mol. The molecule has 0 aromatic heterocycles. The normalized spacial score (nSPS) is 21.4. The van der Waals surface area contributed by atoms with Gasteiger partial charge in [0, 0.05) is 12.8 Å². The summed E-state index contributed by atoms with van der Waals surface area (Å²) >= 11 is 0. The maximum atomic E-state index is 13.1. The van der Waals surface area contributed by atoms with E-state index in [1.807, 2.05) is 0 Å². The summed E-state index contributed by atoms with van der Waals surface area (Å²) in [6.07, 6.45) is 20.4. The third-order valence-corrected chi connectivity index (χ3v) is 13.3. The van der Waals surface area contributed by atoms with Crippen molar-refractivity contribution >= 4 is 35.4 Å². The molecule has 3 unspecified atom stereocenters. The first-order valence-corrected chi connectivity index (χ1v) is 29.2. The average Bonchev–Trinajstić information content (AvgIpc) is 3.25. The van der Waals surface area contributed by atoms with Crippen LogP contribution in [0.15, 0.2) is 24.3 Å². The van der Waals surface area contributed by atoms with E-state index < -0.39 is 91.3 Å². The van der Waals surface area contributed by atoms with E-state index in [9.17, 15) is 63.1 Å². The molecular weight excluding hydrogens is 951 g/mol. The molecule has 8 atom stereocenters. The van der Waals surface area contributed by atoms with Crippen LogP contribution in [0.25, 0.3) is 0 Å². The molecule has 1 saturated carbocycles. The van der Waals surface area contributed by atoms with Crippen LogP contribution in [-0.4, -0.2) is 108 Å². The van der Waals surface area contributed by atoms with E-state index in [1.165, 1.54) is 77.0 Å². The summed E-state index contributed by atoms with van der Waals surface area (Å²) in [5, 5.41) is 31.9. The van der Waals surface area contributed by atoms with Crippen LogP contribution in [0.3, 0.4) is 0 Å². The summed E-state index contributed by atoms with van der Waals surface area (Å²) in [5.41, 5.74) is 0. The average molecular weight is 1040 g/mol. The van der Waals surface area contributed by atoms with Crippen molar-refractivity contribution in [2.24, 2.45) is 0 Å². The van der Waals surface area contributed by atoms with Gasteiger partial charge in [-0.2, -0.15) is 0 Å². The van der Waals surface area contributed by atoms with Gasteiger partial charge in [0.15, 0.2) is 6.10 Å². The number of phosphoric ester groups is 3. The third kappa shape index (κ3) is 34.8. The Bertz CT molecular complexity index is 1470. The quantitative estimate of drug-likeness (QED) is 0.0119. The van der Waals surface area contributed by atoms with Gasteiger partial charge in [-0.05, 0) is 64.2 Å². The lowest BCUT2D eigenvalue weighted by Crippen LogP contribution is -2.65. The van der Waals surface area contributed by atoms with Gasteiger partial charge in [0.2, 0.25) is 0 Å². The number of aliphatic hydroxyl groups is 3. The summed E-state index contributed by atoms with van der Waals surface area (Å²) in [7, 11) is -16.6. The molecule has 0 aromatic rings. The number of allylic oxidation sites excluding steroid dienone is 4. The van der Waals surface area contributed by atoms with Crippen LogP contribution in [-0.2, 0) is 50.9 Å². The fraction of sp³-hybridized carbons (Fsp3) is 0.867. The minimum Gasteiger partial charge on any atom is -0.462 e. The summed E-state index contributed by atoms with van der Waals surface area (Å²) in [6.45, 7) is 2.90. The Morgan fingerprint density at radius 2 is 0.794 bits per heavy atom. The lowest BCUT2D eigenvalue weighted by atomic mass is 9.85. The maximum Gasteiger partial charge on any atom is 0.472 e. The van der Waals surface area contributed by atoms with Crippen LogP contribution >= 0.6 is 23.5 Å². The largest absolute Gasteiger partial charge is 0.472 e. The number of carbonyl (C=O) groups excluding carboxylic acids is 2. The fourth-order valence-electron chi connectivity index (χ4n) is 7.52. The molecule has 0 spiro atoms. The Balaban J connectivity index is 0.0000449. The Kier molecular flexibility index (Phi) is 38.3. The Morgan fingerprint density at radius 3 is 1.16 bits per heavy atom. The zero-order valence-electron chi connectivity index (χ0n) is 40.7. The highest BCUT2D eigenvalue weighted by Gasteiger charge is 2.56. The van der Waals surface area contributed by atoms with Gasteiger partial charge in [0.05, 0.1) is 6.61 Å². The summed E-state index contributed by atoms with van der Waals surface area (Å²) in [6, 6.07) is 0. The highest BCUT2D eigenvalue weighted by molar-refractivity contribution is 7.47. The predicted molar refractivity (Wildman–Crippen MR) is 257 cm³/mol. The van der Waals surface area contributed by atoms with Crippen molar-refractivity contribution in [3.8, 4) is 0 Å². The number of hydrogen-bond acceptors (Lipinski definition) is 15. The second kappa shape index (κ2) is 39.2. The Morgan fingerprint density at radius 1 is 0.471 bits per heavy atom. The van der Waals surface area contributed by atoms with Crippen molar-refractivity contribution in [2.75, 3.05) is 13.2 Å². The molecule has 1 fully saturated rings. The van der Waals surface area contributed by atoms with Gasteiger partial charge in [-0.1, -0.05) is 141 Å². The molecule has 1 aliphatic rings. The lowest BCUT2D eigenvalue weighted by molar-refractivity contribution is -0.213. The number of rotatable bonds is 42. The van der Waals surface area contributed by atoms with Gasteiger partial charge < -0.3 is 55.4 Å². The van der Waals surface area contributed by atoms with Gasteiger partial charge in [0.25, 0.3) is 0 Å². The number of phosphoric acid groups is 3. The number of hydrogen-bond donors (Lipinski definition) is 9. The van der Waals surface area contributed by atoms with E-state index in [4.69, 9.17) is 18.5 Å². The van der Waals surface area contributed by atoms with E-state index in [1.54, 1.807) is 0 Å². The third-order valence-electron chi connectivity index (χ3n) is 11.2. The van der Waals surface area contributed by atoms with Crippen molar-refractivity contribution in [2.45, 2.75) is 236 Å². The molecule has 23 heteroatoms. The molecule has 1 rings (SSSR count). The van der Waals surface area contributed by atoms with Gasteiger partial charge >= 0.3 is 35.4 Å². The molecule has 0 saturated heterocycles. The van der Waals surface area contributed by atoms with Crippen molar-refractivity contribution in [1.82, 2.24) is 6.15 Å². The molecule has 402 valence electrons. The number of esters is 2. The molecule has 0 heterocycles. The number of carbonyl (C=O) groups is 2. The van der Waals surface area contributed by atoms with Gasteiger partial charge in [0.1, 0.15) is 43.2 Å². The molecule has 20 nitrogen and oxygen atoms in total. The van der Waals surface area contributed by atoms with Crippen molar-refractivity contribution in [3.63, 3.8) is 0 Å². The summed E-state index contributed by atoms with van der Waals surface area (Å²) in [5.74, 6) is -1.33. The molecule has 0 aromatic carbocycles. The highest BCUT2D eigenvalue weighted by Crippen LogP contribution is 2.51. The Hall–Kier alpha value is -1.41. The molecule has 0 amide bonds.